The molecule has 0 aromatic carbocycles. The van der Waals surface area contributed by atoms with E-state index in [1.807, 2.05) is 19.9 Å². The minimum atomic E-state index is -0.380. The number of piperidine rings is 1. The fourth-order valence-electron chi connectivity index (χ4n) is 3.73. The van der Waals surface area contributed by atoms with Crippen LogP contribution in [0, 0.1) is 19.3 Å². The van der Waals surface area contributed by atoms with Gasteiger partial charge in [-0.05, 0) is 70.3 Å². The first-order valence-corrected chi connectivity index (χ1v) is 8.12. The van der Waals surface area contributed by atoms with Crippen LogP contribution in [-0.4, -0.2) is 49.0 Å². The number of hydrogen-bond donors (Lipinski definition) is 1. The van der Waals surface area contributed by atoms with Gasteiger partial charge in [0.1, 0.15) is 5.82 Å². The number of aromatic nitrogens is 1. The number of carbonyl (C=O) groups is 1. The van der Waals surface area contributed by atoms with Crippen LogP contribution in [0.3, 0.4) is 0 Å². The highest BCUT2D eigenvalue weighted by Gasteiger charge is 2.41. The van der Waals surface area contributed by atoms with Crippen LogP contribution in [0.25, 0.3) is 0 Å². The molecule has 0 saturated carbocycles. The molecule has 120 valence electrons. The average molecular weight is 302 g/mol. The zero-order chi connectivity index (χ0) is 15.9. The number of likely N-dealkylation sites (tertiary alicyclic amines) is 1. The van der Waals surface area contributed by atoms with Gasteiger partial charge in [0.15, 0.2) is 0 Å². The summed E-state index contributed by atoms with van der Waals surface area (Å²) in [5, 5.41) is 0. The molecule has 22 heavy (non-hydrogen) atoms. The zero-order valence-electron chi connectivity index (χ0n) is 13.9. The van der Waals surface area contributed by atoms with Gasteiger partial charge in [-0.15, -0.1) is 0 Å². The van der Waals surface area contributed by atoms with Crippen molar-refractivity contribution in [2.75, 3.05) is 38.1 Å². The van der Waals surface area contributed by atoms with Crippen molar-refractivity contribution in [2.24, 2.45) is 11.1 Å². The number of anilines is 1. The maximum atomic E-state index is 11.8. The molecule has 1 amide bonds. The first-order valence-electron chi connectivity index (χ1n) is 8.12. The Bertz CT molecular complexity index is 591. The molecule has 5 heteroatoms. The van der Waals surface area contributed by atoms with E-state index in [1.54, 1.807) is 0 Å². The fourth-order valence-corrected chi connectivity index (χ4v) is 3.73. The van der Waals surface area contributed by atoms with E-state index in [0.717, 1.165) is 43.3 Å². The Morgan fingerprint density at radius 1 is 1.23 bits per heavy atom. The van der Waals surface area contributed by atoms with Gasteiger partial charge < -0.3 is 15.5 Å². The van der Waals surface area contributed by atoms with Crippen molar-refractivity contribution in [3.63, 3.8) is 0 Å². The molecule has 0 unspecified atom stereocenters. The summed E-state index contributed by atoms with van der Waals surface area (Å²) in [4.78, 5) is 21.2. The van der Waals surface area contributed by atoms with Crippen LogP contribution >= 0.6 is 0 Å². The quantitative estimate of drug-likeness (QED) is 0.903. The van der Waals surface area contributed by atoms with E-state index in [9.17, 15) is 4.79 Å². The lowest BCUT2D eigenvalue weighted by Crippen LogP contribution is -2.40. The number of primary amides is 1. The Morgan fingerprint density at radius 2 is 1.86 bits per heavy atom. The van der Waals surface area contributed by atoms with E-state index in [4.69, 9.17) is 5.73 Å². The molecule has 1 spiro atoms. The first kappa shape index (κ1) is 15.3. The van der Waals surface area contributed by atoms with Crippen LogP contribution in [0.2, 0.25) is 0 Å². The van der Waals surface area contributed by atoms with Crippen molar-refractivity contribution in [1.29, 1.82) is 0 Å². The lowest BCUT2D eigenvalue weighted by Gasteiger charge is -2.37. The highest BCUT2D eigenvalue weighted by molar-refractivity contribution is 5.98. The predicted octanol–water partition coefficient (Wildman–Crippen LogP) is 1.72. The van der Waals surface area contributed by atoms with E-state index >= 15 is 0 Å². The molecule has 5 nitrogen and oxygen atoms in total. The van der Waals surface area contributed by atoms with Gasteiger partial charge in [0, 0.05) is 18.8 Å². The highest BCUT2D eigenvalue weighted by Crippen LogP contribution is 2.42. The second-order valence-electron chi connectivity index (χ2n) is 7.10. The van der Waals surface area contributed by atoms with E-state index < -0.39 is 0 Å². The van der Waals surface area contributed by atoms with Crippen molar-refractivity contribution in [3.05, 3.63) is 22.9 Å². The summed E-state index contributed by atoms with van der Waals surface area (Å²) in [7, 11) is 2.19. The summed E-state index contributed by atoms with van der Waals surface area (Å²) in [5.74, 6) is 0.404. The Hall–Kier alpha value is -1.62. The molecule has 0 aliphatic carbocycles. The number of amides is 1. The number of nitrogens with zero attached hydrogens (tertiary/aromatic N) is 3. The Kier molecular flexibility index (Phi) is 3.85. The maximum Gasteiger partial charge on any atom is 0.252 e. The van der Waals surface area contributed by atoms with Crippen LogP contribution < -0.4 is 10.6 Å². The SMILES string of the molecule is Cc1cc(C(N)=O)c(N2CCC3(CCN(C)CC3)C2)nc1C. The first-order chi connectivity index (χ1) is 10.4. The number of carbonyl (C=O) groups excluding carboxylic acids is 1. The second-order valence-corrected chi connectivity index (χ2v) is 7.10. The molecule has 2 aliphatic heterocycles. The van der Waals surface area contributed by atoms with Gasteiger partial charge in [-0.3, -0.25) is 4.79 Å². The van der Waals surface area contributed by atoms with E-state index in [2.05, 4.69) is 21.8 Å². The minimum absolute atomic E-state index is 0.380. The van der Waals surface area contributed by atoms with Crippen LogP contribution in [0.15, 0.2) is 6.07 Å². The smallest absolute Gasteiger partial charge is 0.252 e. The van der Waals surface area contributed by atoms with E-state index in [1.165, 1.54) is 19.3 Å². The molecular formula is C17H26N4O. The largest absolute Gasteiger partial charge is 0.365 e. The van der Waals surface area contributed by atoms with Crippen LogP contribution in [0.1, 0.15) is 40.9 Å². The van der Waals surface area contributed by atoms with Crippen LogP contribution in [-0.2, 0) is 0 Å². The summed E-state index contributed by atoms with van der Waals surface area (Å²) in [6.45, 7) is 8.26. The summed E-state index contributed by atoms with van der Waals surface area (Å²) in [6, 6.07) is 1.89. The average Bonchev–Trinajstić information content (AvgIpc) is 2.89. The molecule has 0 radical (unpaired) electrons. The van der Waals surface area contributed by atoms with E-state index in [-0.39, 0.29) is 5.91 Å². The summed E-state index contributed by atoms with van der Waals surface area (Å²) >= 11 is 0. The molecular weight excluding hydrogens is 276 g/mol. The van der Waals surface area contributed by atoms with Gasteiger partial charge in [0.05, 0.1) is 5.56 Å². The predicted molar refractivity (Wildman–Crippen MR) is 88.2 cm³/mol. The molecule has 2 saturated heterocycles. The molecule has 3 heterocycles. The monoisotopic (exact) mass is 302 g/mol. The number of pyridine rings is 1. The van der Waals surface area contributed by atoms with Gasteiger partial charge in [-0.2, -0.15) is 0 Å². The summed E-state index contributed by atoms with van der Waals surface area (Å²) in [6.07, 6.45) is 3.65. The number of nitrogens with two attached hydrogens (primary N) is 1. The fraction of sp³-hybridized carbons (Fsp3) is 0.647. The zero-order valence-corrected chi connectivity index (χ0v) is 13.9. The van der Waals surface area contributed by atoms with Crippen molar-refractivity contribution in [1.82, 2.24) is 9.88 Å². The van der Waals surface area contributed by atoms with Gasteiger partial charge in [-0.1, -0.05) is 0 Å². The Labute approximate surface area is 132 Å². The number of hydrogen-bond acceptors (Lipinski definition) is 4. The molecule has 2 aliphatic rings. The van der Waals surface area contributed by atoms with Gasteiger partial charge >= 0.3 is 0 Å². The molecule has 0 bridgehead atoms. The Balaban J connectivity index is 1.87. The molecule has 2 fully saturated rings. The lowest BCUT2D eigenvalue weighted by molar-refractivity contribution is 0.1000. The second kappa shape index (κ2) is 5.54. The summed E-state index contributed by atoms with van der Waals surface area (Å²) < 4.78 is 0. The van der Waals surface area contributed by atoms with Crippen molar-refractivity contribution in [2.45, 2.75) is 33.1 Å². The van der Waals surface area contributed by atoms with Crippen molar-refractivity contribution in [3.8, 4) is 0 Å². The molecule has 2 N–H and O–H groups in total. The lowest BCUT2D eigenvalue weighted by atomic mass is 9.78. The number of aryl methyl sites for hydroxylation is 2. The van der Waals surface area contributed by atoms with E-state index in [0.29, 0.717) is 11.0 Å². The third kappa shape index (κ3) is 2.70. The van der Waals surface area contributed by atoms with Crippen LogP contribution in [0.4, 0.5) is 5.82 Å². The highest BCUT2D eigenvalue weighted by atomic mass is 16.1. The Morgan fingerprint density at radius 3 is 2.50 bits per heavy atom. The van der Waals surface area contributed by atoms with Crippen LogP contribution in [0.5, 0.6) is 0 Å². The maximum absolute atomic E-state index is 11.8. The minimum Gasteiger partial charge on any atom is -0.365 e. The van der Waals surface area contributed by atoms with Gasteiger partial charge in [0.2, 0.25) is 0 Å². The third-order valence-electron chi connectivity index (χ3n) is 5.50. The summed E-state index contributed by atoms with van der Waals surface area (Å²) in [5.41, 5.74) is 8.53. The van der Waals surface area contributed by atoms with Gasteiger partial charge in [0.25, 0.3) is 5.91 Å². The van der Waals surface area contributed by atoms with Crippen molar-refractivity contribution >= 4 is 11.7 Å². The molecule has 1 aromatic heterocycles. The molecule has 1 aromatic rings. The number of rotatable bonds is 2. The molecule has 3 rings (SSSR count). The molecule has 0 atom stereocenters. The topological polar surface area (TPSA) is 62.5 Å². The van der Waals surface area contributed by atoms with Crippen molar-refractivity contribution < 1.29 is 4.79 Å². The standard InChI is InChI=1S/C17H26N4O/c1-12-10-14(15(18)22)16(19-13(12)2)21-9-6-17(11-21)4-7-20(3)8-5-17/h10H,4-9,11H2,1-3H3,(H2,18,22). The normalized spacial score (nSPS) is 21.5. The third-order valence-corrected chi connectivity index (χ3v) is 5.50. The van der Waals surface area contributed by atoms with Gasteiger partial charge in [-0.25, -0.2) is 4.98 Å².